The highest BCUT2D eigenvalue weighted by atomic mass is 17.0. The van der Waals surface area contributed by atoms with E-state index in [2.05, 4.69) is 0 Å². The molecule has 1 heterocycles. The van der Waals surface area contributed by atoms with Gasteiger partial charge in [0.05, 0.1) is 7.11 Å². The van der Waals surface area contributed by atoms with Crippen LogP contribution in [0, 0.1) is 0 Å². The molecule has 0 N–H and O–H groups in total. The monoisotopic (exact) mass is 383 g/mol. The van der Waals surface area contributed by atoms with Crippen LogP contribution in [0.15, 0.2) is 24.3 Å². The second-order valence-electron chi connectivity index (χ2n) is 5.57. The predicted octanol–water partition coefficient (Wildman–Crippen LogP) is 0.989. The third-order valence-corrected chi connectivity index (χ3v) is 3.39. The molecule has 1 aromatic carbocycles. The van der Waals surface area contributed by atoms with E-state index < -0.39 is 36.3 Å². The molecule has 148 valence electrons. The van der Waals surface area contributed by atoms with Gasteiger partial charge in [0.1, 0.15) is 12.4 Å². The van der Waals surface area contributed by atoms with Crippen molar-refractivity contribution in [2.45, 2.75) is 39.2 Å². The quantitative estimate of drug-likeness (QED) is 0.499. The molecule has 2 rings (SSSR count). The Balaban J connectivity index is 2.21. The van der Waals surface area contributed by atoms with Crippen LogP contribution in [-0.4, -0.2) is 55.3 Å². The maximum absolute atomic E-state index is 11.5. The summed E-state index contributed by atoms with van der Waals surface area (Å²) in [4.78, 5) is 45.2. The van der Waals surface area contributed by atoms with Gasteiger partial charge < -0.3 is 23.8 Å². The summed E-state index contributed by atoms with van der Waals surface area (Å²) in [6, 6.07) is 6.53. The minimum Gasteiger partial charge on any atom is -0.497 e. The summed E-state index contributed by atoms with van der Waals surface area (Å²) in [5.74, 6) is -0.842. The fourth-order valence-electron chi connectivity index (χ4n) is 2.30. The number of carbonyl (C=O) groups is 3. The van der Waals surface area contributed by atoms with Gasteiger partial charge >= 0.3 is 17.9 Å². The molecular formula is C17H21NO9. The van der Waals surface area contributed by atoms with Crippen molar-refractivity contribution in [3.63, 3.8) is 0 Å². The van der Waals surface area contributed by atoms with E-state index in [1.165, 1.54) is 27.9 Å². The SMILES string of the molecule is COc1ccc(ON2O[C@H](COC(C)=O)[C@@H](OC(C)=O)[C@H]2OC(C)=O)cc1. The van der Waals surface area contributed by atoms with Crippen molar-refractivity contribution >= 4 is 17.9 Å². The maximum Gasteiger partial charge on any atom is 0.304 e. The Kier molecular flexibility index (Phi) is 6.97. The van der Waals surface area contributed by atoms with E-state index in [1.807, 2.05) is 0 Å². The van der Waals surface area contributed by atoms with E-state index >= 15 is 0 Å². The smallest absolute Gasteiger partial charge is 0.304 e. The standard InChI is InChI=1S/C17H21NO9/c1-10(19)23-9-15-16(24-11(2)20)17(25-12(3)21)18(27-15)26-14-7-5-13(22-4)6-8-14/h5-8,15-17H,9H2,1-4H3/t15-,16-,17-/m1/s1. The van der Waals surface area contributed by atoms with E-state index in [-0.39, 0.29) is 6.61 Å². The second kappa shape index (κ2) is 9.19. The molecule has 0 spiro atoms. The third kappa shape index (κ3) is 5.83. The van der Waals surface area contributed by atoms with Crippen molar-refractivity contribution in [3.8, 4) is 11.5 Å². The molecule has 0 aromatic heterocycles. The average Bonchev–Trinajstić information content (AvgIpc) is 2.89. The van der Waals surface area contributed by atoms with Crippen LogP contribution in [0.5, 0.6) is 11.5 Å². The van der Waals surface area contributed by atoms with Crippen LogP contribution in [0.3, 0.4) is 0 Å². The van der Waals surface area contributed by atoms with E-state index in [0.717, 1.165) is 5.23 Å². The molecule has 1 saturated heterocycles. The van der Waals surface area contributed by atoms with Crippen LogP contribution in [0.4, 0.5) is 0 Å². The molecule has 0 bridgehead atoms. The van der Waals surface area contributed by atoms with E-state index in [0.29, 0.717) is 11.5 Å². The van der Waals surface area contributed by atoms with Crippen molar-refractivity contribution < 1.29 is 43.0 Å². The van der Waals surface area contributed by atoms with Crippen molar-refractivity contribution in [3.05, 3.63) is 24.3 Å². The summed E-state index contributed by atoms with van der Waals surface area (Å²) in [6.07, 6.45) is -3.20. The normalized spacial score (nSPS) is 22.0. The molecule has 0 aliphatic carbocycles. The zero-order valence-corrected chi connectivity index (χ0v) is 15.4. The molecule has 0 unspecified atom stereocenters. The van der Waals surface area contributed by atoms with Crippen LogP contribution < -0.4 is 9.57 Å². The van der Waals surface area contributed by atoms with Gasteiger partial charge in [-0.1, -0.05) is 0 Å². The van der Waals surface area contributed by atoms with E-state index in [1.54, 1.807) is 24.3 Å². The van der Waals surface area contributed by atoms with Gasteiger partial charge in [0.25, 0.3) is 6.23 Å². The number of benzene rings is 1. The molecule has 1 aliphatic heterocycles. The second-order valence-corrected chi connectivity index (χ2v) is 5.57. The zero-order valence-electron chi connectivity index (χ0n) is 15.4. The summed E-state index contributed by atoms with van der Waals surface area (Å²) in [5, 5.41) is 0.894. The average molecular weight is 383 g/mol. The Morgan fingerprint density at radius 1 is 0.963 bits per heavy atom. The number of esters is 3. The first-order valence-electron chi connectivity index (χ1n) is 8.06. The Morgan fingerprint density at radius 3 is 2.07 bits per heavy atom. The highest BCUT2D eigenvalue weighted by Gasteiger charge is 2.50. The summed E-state index contributed by atoms with van der Waals surface area (Å²) >= 11 is 0. The van der Waals surface area contributed by atoms with Crippen LogP contribution in [0.1, 0.15) is 20.8 Å². The van der Waals surface area contributed by atoms with E-state index in [4.69, 9.17) is 28.6 Å². The molecule has 1 aromatic rings. The molecule has 27 heavy (non-hydrogen) atoms. The number of methoxy groups -OCH3 is 1. The lowest BCUT2D eigenvalue weighted by molar-refractivity contribution is -0.350. The molecule has 0 saturated carbocycles. The Hall–Kier alpha value is -2.85. The molecule has 1 aliphatic rings. The van der Waals surface area contributed by atoms with Crippen LogP contribution in [0.25, 0.3) is 0 Å². The van der Waals surface area contributed by atoms with Gasteiger partial charge in [0, 0.05) is 26.0 Å². The number of hydroxylamine groups is 2. The number of nitrogens with zero attached hydrogens (tertiary/aromatic N) is 1. The predicted molar refractivity (Wildman–Crippen MR) is 88.1 cm³/mol. The Labute approximate surface area is 155 Å². The summed E-state index contributed by atoms with van der Waals surface area (Å²) in [7, 11) is 1.53. The first-order valence-corrected chi connectivity index (χ1v) is 8.06. The number of hydrogen-bond donors (Lipinski definition) is 0. The van der Waals surface area contributed by atoms with Gasteiger partial charge in [-0.15, -0.1) is 0 Å². The molecule has 0 amide bonds. The molecule has 1 fully saturated rings. The molecular weight excluding hydrogens is 362 g/mol. The summed E-state index contributed by atoms with van der Waals surface area (Å²) in [6.45, 7) is 3.38. The maximum atomic E-state index is 11.5. The fourth-order valence-corrected chi connectivity index (χ4v) is 2.30. The van der Waals surface area contributed by atoms with Crippen molar-refractivity contribution in [2.24, 2.45) is 0 Å². The minimum atomic E-state index is -1.20. The number of rotatable bonds is 7. The lowest BCUT2D eigenvalue weighted by Crippen LogP contribution is -2.43. The molecule has 10 heteroatoms. The summed E-state index contributed by atoms with van der Waals surface area (Å²) in [5.41, 5.74) is 0. The minimum absolute atomic E-state index is 0.229. The number of hydrogen-bond acceptors (Lipinski definition) is 10. The zero-order chi connectivity index (χ0) is 20.0. The van der Waals surface area contributed by atoms with Gasteiger partial charge in [-0.25, -0.2) is 0 Å². The number of ether oxygens (including phenoxy) is 4. The van der Waals surface area contributed by atoms with Crippen molar-refractivity contribution in [2.75, 3.05) is 13.7 Å². The molecule has 0 radical (unpaired) electrons. The topological polar surface area (TPSA) is 110 Å². The van der Waals surface area contributed by atoms with Crippen molar-refractivity contribution in [1.82, 2.24) is 5.23 Å². The lowest BCUT2D eigenvalue weighted by Gasteiger charge is -2.23. The lowest BCUT2D eigenvalue weighted by atomic mass is 10.2. The number of carbonyl (C=O) groups excluding carboxylic acids is 3. The van der Waals surface area contributed by atoms with Crippen LogP contribution >= 0.6 is 0 Å². The van der Waals surface area contributed by atoms with Crippen LogP contribution in [0.2, 0.25) is 0 Å². The van der Waals surface area contributed by atoms with E-state index in [9.17, 15) is 14.4 Å². The fraction of sp³-hybridized carbons (Fsp3) is 0.471. The Bertz CT molecular complexity index is 675. The van der Waals surface area contributed by atoms with Gasteiger partial charge in [-0.05, 0) is 24.3 Å². The highest BCUT2D eigenvalue weighted by Crippen LogP contribution is 2.29. The first kappa shape index (κ1) is 20.5. The largest absolute Gasteiger partial charge is 0.497 e. The van der Waals surface area contributed by atoms with Crippen molar-refractivity contribution in [1.29, 1.82) is 0 Å². The Morgan fingerprint density at radius 2 is 1.56 bits per heavy atom. The highest BCUT2D eigenvalue weighted by molar-refractivity contribution is 5.67. The van der Waals surface area contributed by atoms with Gasteiger partial charge in [-0.2, -0.15) is 0 Å². The first-order chi connectivity index (χ1) is 12.8. The van der Waals surface area contributed by atoms with Gasteiger partial charge in [0.15, 0.2) is 18.0 Å². The third-order valence-electron chi connectivity index (χ3n) is 3.39. The molecule has 3 atom stereocenters. The van der Waals surface area contributed by atoms with Gasteiger partial charge in [-0.3, -0.25) is 19.2 Å². The van der Waals surface area contributed by atoms with Gasteiger partial charge in [0.2, 0.25) is 0 Å². The molecule has 10 nitrogen and oxygen atoms in total. The van der Waals surface area contributed by atoms with Crippen LogP contribution in [-0.2, 0) is 33.4 Å². The summed E-state index contributed by atoms with van der Waals surface area (Å²) < 4.78 is 20.4.